The van der Waals surface area contributed by atoms with Crippen molar-refractivity contribution in [1.29, 1.82) is 0 Å². The Morgan fingerprint density at radius 1 is 0.911 bits per heavy atom. The van der Waals surface area contributed by atoms with E-state index in [9.17, 15) is 37.5 Å². The number of halogens is 3. The molecule has 0 radical (unpaired) electrons. The maximum Gasteiger partial charge on any atom is 0.416 e. The number of phenols is 1. The molecule has 240 valence electrons. The molecule has 0 unspecified atom stereocenters. The first-order valence-corrected chi connectivity index (χ1v) is 14.7. The zero-order valence-corrected chi connectivity index (χ0v) is 26.3. The summed E-state index contributed by atoms with van der Waals surface area (Å²) < 4.78 is 52.6. The van der Waals surface area contributed by atoms with E-state index >= 15 is 0 Å². The third kappa shape index (κ3) is 7.67. The largest absolute Gasteiger partial charge is 0.508 e. The van der Waals surface area contributed by atoms with Gasteiger partial charge in [-0.3, -0.25) is 19.2 Å². The molecular weight excluding hydrogens is 615 g/mol. The number of hydrogen-bond donors (Lipinski definition) is 1. The smallest absolute Gasteiger partial charge is 0.416 e. The normalized spacial score (nSPS) is 12.8. The van der Waals surface area contributed by atoms with E-state index in [1.165, 1.54) is 12.1 Å². The van der Waals surface area contributed by atoms with Crippen molar-refractivity contribution in [2.45, 2.75) is 78.3 Å². The van der Waals surface area contributed by atoms with Crippen LogP contribution in [-0.2, 0) is 31.8 Å². The van der Waals surface area contributed by atoms with Crippen LogP contribution in [0.15, 0.2) is 47.3 Å². The van der Waals surface area contributed by atoms with Crippen molar-refractivity contribution in [2.24, 2.45) is 5.41 Å². The molecule has 10 nitrogen and oxygen atoms in total. The summed E-state index contributed by atoms with van der Waals surface area (Å²) in [5.74, 6) is -2.79. The molecule has 0 aliphatic rings. The number of hydrogen-bond acceptors (Lipinski definition) is 10. The predicted molar refractivity (Wildman–Crippen MR) is 160 cm³/mol. The van der Waals surface area contributed by atoms with Crippen LogP contribution in [0.2, 0.25) is 0 Å². The Balaban J connectivity index is 1.81. The molecule has 0 aliphatic carbocycles. The van der Waals surface area contributed by atoms with E-state index in [1.54, 1.807) is 53.7 Å². The molecule has 4 rings (SSSR count). The molecule has 0 spiro atoms. The summed E-state index contributed by atoms with van der Waals surface area (Å²) in [5, 5.41) is 17.8. The van der Waals surface area contributed by atoms with Crippen LogP contribution in [0.25, 0.3) is 21.0 Å². The van der Waals surface area contributed by atoms with Gasteiger partial charge in [0.05, 0.1) is 15.8 Å². The Morgan fingerprint density at radius 2 is 1.53 bits per heavy atom. The van der Waals surface area contributed by atoms with Gasteiger partial charge in [-0.05, 0) is 95.8 Å². The van der Waals surface area contributed by atoms with E-state index < -0.39 is 71.0 Å². The van der Waals surface area contributed by atoms with Gasteiger partial charge < -0.3 is 14.6 Å². The molecule has 1 N–H and O–H groups in total. The van der Waals surface area contributed by atoms with Crippen LogP contribution in [0, 0.1) is 5.41 Å². The third-order valence-corrected chi connectivity index (χ3v) is 7.76. The lowest BCUT2D eigenvalue weighted by Gasteiger charge is -2.34. The van der Waals surface area contributed by atoms with E-state index in [-0.39, 0.29) is 21.5 Å². The van der Waals surface area contributed by atoms with Gasteiger partial charge in [-0.25, -0.2) is 4.68 Å². The summed E-state index contributed by atoms with van der Waals surface area (Å²) in [6.07, 6.45) is -5.97. The standard InChI is InChI=1S/C31H32F3N3O7S/c1-28(2,3)43-26(41)30(27(42)44-29(4,5)6,16-22(39)24-13-17-7-9-19(38)15-23(17)45-24)11-12-37-25(40)20-14-18(31(32,33)34)8-10-21(20)35-36-37/h7-10,13-15,38H,11-12,16H2,1-6H3. The molecule has 0 bridgehead atoms. The van der Waals surface area contributed by atoms with Crippen molar-refractivity contribution < 1.29 is 42.1 Å². The van der Waals surface area contributed by atoms with Crippen molar-refractivity contribution in [3.05, 3.63) is 63.3 Å². The van der Waals surface area contributed by atoms with Gasteiger partial charge in [-0.15, -0.1) is 16.4 Å². The minimum atomic E-state index is -4.72. The SMILES string of the molecule is CC(C)(C)OC(=O)C(CCn1nnc2ccc(C(F)(F)F)cc2c1=O)(CC(=O)c1cc2ccc(O)cc2s1)C(=O)OC(C)(C)C. The number of Topliss-reactive ketones (excluding diaryl/α,β-unsaturated/α-hetero) is 1. The average Bonchev–Trinajstić information content (AvgIpc) is 3.32. The summed E-state index contributed by atoms with van der Waals surface area (Å²) in [4.78, 5) is 55.0. The summed E-state index contributed by atoms with van der Waals surface area (Å²) in [5.41, 5.74) is -6.58. The van der Waals surface area contributed by atoms with E-state index in [4.69, 9.17) is 9.47 Å². The first-order chi connectivity index (χ1) is 20.7. The fourth-order valence-corrected chi connectivity index (χ4v) is 5.52. The monoisotopic (exact) mass is 647 g/mol. The third-order valence-electron chi connectivity index (χ3n) is 6.62. The number of aromatic hydroxyl groups is 1. The summed E-state index contributed by atoms with van der Waals surface area (Å²) >= 11 is 1.05. The molecule has 0 saturated heterocycles. The number of benzene rings is 2. The second-order valence-electron chi connectivity index (χ2n) is 12.6. The molecule has 0 aliphatic heterocycles. The van der Waals surface area contributed by atoms with Crippen molar-refractivity contribution >= 4 is 50.0 Å². The molecule has 4 aromatic rings. The highest BCUT2D eigenvalue weighted by molar-refractivity contribution is 7.20. The predicted octanol–water partition coefficient (Wildman–Crippen LogP) is 6.06. The number of ketones is 1. The van der Waals surface area contributed by atoms with Crippen LogP contribution in [0.5, 0.6) is 5.75 Å². The van der Waals surface area contributed by atoms with Crippen LogP contribution in [0.4, 0.5) is 13.2 Å². The fraction of sp³-hybridized carbons (Fsp3) is 0.419. The molecular formula is C31H32F3N3O7S. The molecule has 14 heteroatoms. The quantitative estimate of drug-likeness (QED) is 0.137. The molecule has 2 heterocycles. The molecule has 45 heavy (non-hydrogen) atoms. The Hall–Kier alpha value is -4.33. The number of esters is 2. The lowest BCUT2D eigenvalue weighted by molar-refractivity contribution is -0.186. The summed E-state index contributed by atoms with van der Waals surface area (Å²) in [7, 11) is 0. The number of nitrogens with zero attached hydrogens (tertiary/aromatic N) is 3. The van der Waals surface area contributed by atoms with Crippen LogP contribution >= 0.6 is 11.3 Å². The van der Waals surface area contributed by atoms with Gasteiger partial charge in [0.25, 0.3) is 5.56 Å². The van der Waals surface area contributed by atoms with Gasteiger partial charge in [0, 0.05) is 17.7 Å². The van der Waals surface area contributed by atoms with Crippen LogP contribution < -0.4 is 5.56 Å². The number of rotatable bonds is 8. The maximum atomic E-state index is 13.9. The zero-order valence-electron chi connectivity index (χ0n) is 25.4. The van der Waals surface area contributed by atoms with Gasteiger partial charge >= 0.3 is 18.1 Å². The number of phenolic OH excluding ortho intramolecular Hbond substituents is 1. The topological polar surface area (TPSA) is 138 Å². The highest BCUT2D eigenvalue weighted by Gasteiger charge is 2.52. The number of carbonyl (C=O) groups is 3. The Bertz CT molecular complexity index is 1820. The van der Waals surface area contributed by atoms with Crippen molar-refractivity contribution in [3.8, 4) is 5.75 Å². The number of ether oxygens (including phenoxy) is 2. The van der Waals surface area contributed by atoms with Crippen LogP contribution in [0.3, 0.4) is 0 Å². The van der Waals surface area contributed by atoms with Crippen molar-refractivity contribution in [1.82, 2.24) is 15.0 Å². The van der Waals surface area contributed by atoms with Gasteiger partial charge in [-0.1, -0.05) is 5.21 Å². The molecule has 0 amide bonds. The van der Waals surface area contributed by atoms with Gasteiger partial charge in [0.1, 0.15) is 22.5 Å². The highest BCUT2D eigenvalue weighted by atomic mass is 32.1. The first kappa shape index (κ1) is 33.6. The highest BCUT2D eigenvalue weighted by Crippen LogP contribution is 2.38. The molecule has 0 atom stereocenters. The molecule has 0 fully saturated rings. The van der Waals surface area contributed by atoms with Crippen molar-refractivity contribution in [3.63, 3.8) is 0 Å². The lowest BCUT2D eigenvalue weighted by Crippen LogP contribution is -2.49. The Labute approximate surface area is 259 Å². The minimum absolute atomic E-state index is 0.00973. The summed E-state index contributed by atoms with van der Waals surface area (Å²) in [6.45, 7) is 8.94. The Kier molecular flexibility index (Phi) is 8.86. The number of aromatic nitrogens is 3. The van der Waals surface area contributed by atoms with E-state index in [0.717, 1.165) is 28.2 Å². The van der Waals surface area contributed by atoms with E-state index in [0.29, 0.717) is 16.2 Å². The van der Waals surface area contributed by atoms with Crippen molar-refractivity contribution in [2.75, 3.05) is 0 Å². The minimum Gasteiger partial charge on any atom is -0.508 e. The zero-order chi connectivity index (χ0) is 33.5. The number of aryl methyl sites for hydroxylation is 1. The van der Waals surface area contributed by atoms with Gasteiger partial charge in [0.15, 0.2) is 11.2 Å². The number of carbonyl (C=O) groups excluding carboxylic acids is 3. The molecule has 0 saturated carbocycles. The maximum absolute atomic E-state index is 13.9. The van der Waals surface area contributed by atoms with E-state index in [1.807, 2.05) is 0 Å². The van der Waals surface area contributed by atoms with Gasteiger partial charge in [-0.2, -0.15) is 13.2 Å². The average molecular weight is 648 g/mol. The van der Waals surface area contributed by atoms with E-state index in [2.05, 4.69) is 10.3 Å². The second-order valence-corrected chi connectivity index (χ2v) is 13.7. The van der Waals surface area contributed by atoms with Crippen LogP contribution in [0.1, 0.15) is 69.6 Å². The number of alkyl halides is 3. The molecule has 2 aromatic heterocycles. The second kappa shape index (κ2) is 11.9. The molecule has 2 aromatic carbocycles. The Morgan fingerprint density at radius 3 is 2.11 bits per heavy atom. The fourth-order valence-electron chi connectivity index (χ4n) is 4.49. The lowest BCUT2D eigenvalue weighted by atomic mass is 9.78. The summed E-state index contributed by atoms with van der Waals surface area (Å²) in [6, 6.07) is 8.55. The first-order valence-electron chi connectivity index (χ1n) is 13.9. The van der Waals surface area contributed by atoms with Crippen LogP contribution in [-0.4, -0.2) is 49.0 Å². The number of thiophene rings is 1. The van der Waals surface area contributed by atoms with Gasteiger partial charge in [0.2, 0.25) is 0 Å². The number of fused-ring (bicyclic) bond motifs is 2.